The zero-order valence-corrected chi connectivity index (χ0v) is 20.5. The molecule has 0 bridgehead atoms. The number of aromatic nitrogens is 3. The molecule has 0 radical (unpaired) electrons. The maximum atomic E-state index is 13.7. The standard InChI is InChI=1S/C28H27FN6O/c1-18-10-11-31-23(14-18)28(20-4-6-21(29)7-5-20)34-12-13-35(19(2)17-34)25-15-26(36)33(3)24-9-8-22(16-30)32-27(24)25/h4-11,14-15,19,28H,12-13,17H2,1-3H3/t19-,28?/m0/s1. The molecule has 0 amide bonds. The molecule has 4 heterocycles. The van der Waals surface area contributed by atoms with Gasteiger partial charge in [-0.05, 0) is 61.4 Å². The summed E-state index contributed by atoms with van der Waals surface area (Å²) >= 11 is 0. The average Bonchev–Trinajstić information content (AvgIpc) is 2.87. The highest BCUT2D eigenvalue weighted by Gasteiger charge is 2.32. The Morgan fingerprint density at radius 3 is 2.58 bits per heavy atom. The van der Waals surface area contributed by atoms with Gasteiger partial charge in [0.1, 0.15) is 23.1 Å². The van der Waals surface area contributed by atoms with E-state index in [0.29, 0.717) is 36.4 Å². The van der Waals surface area contributed by atoms with Crippen molar-refractivity contribution in [1.29, 1.82) is 5.26 Å². The Morgan fingerprint density at radius 1 is 1.11 bits per heavy atom. The van der Waals surface area contributed by atoms with Crippen LogP contribution in [0.3, 0.4) is 0 Å². The van der Waals surface area contributed by atoms with E-state index in [2.05, 4.69) is 38.8 Å². The summed E-state index contributed by atoms with van der Waals surface area (Å²) in [7, 11) is 1.71. The van der Waals surface area contributed by atoms with Gasteiger partial charge < -0.3 is 9.47 Å². The molecule has 1 aromatic carbocycles. The van der Waals surface area contributed by atoms with Gasteiger partial charge in [0.05, 0.1) is 22.9 Å². The van der Waals surface area contributed by atoms with Gasteiger partial charge in [0.2, 0.25) is 0 Å². The number of benzene rings is 1. The van der Waals surface area contributed by atoms with Crippen LogP contribution in [0.1, 0.15) is 35.5 Å². The van der Waals surface area contributed by atoms with E-state index in [0.717, 1.165) is 22.5 Å². The molecule has 1 unspecified atom stereocenters. The first-order valence-corrected chi connectivity index (χ1v) is 12.0. The second-order valence-electron chi connectivity index (χ2n) is 9.35. The lowest BCUT2D eigenvalue weighted by Crippen LogP contribution is -2.53. The Kier molecular flexibility index (Phi) is 6.25. The van der Waals surface area contributed by atoms with Crippen LogP contribution in [0.5, 0.6) is 0 Å². The molecule has 1 aliphatic rings. The largest absolute Gasteiger partial charge is 0.364 e. The molecule has 3 aromatic heterocycles. The summed E-state index contributed by atoms with van der Waals surface area (Å²) in [5.74, 6) is -0.269. The Balaban J connectivity index is 1.52. The van der Waals surface area contributed by atoms with Crippen molar-refractivity contribution in [3.8, 4) is 6.07 Å². The number of nitrogens with zero attached hydrogens (tertiary/aromatic N) is 6. The number of nitriles is 1. The van der Waals surface area contributed by atoms with Crippen LogP contribution in [0.2, 0.25) is 0 Å². The van der Waals surface area contributed by atoms with Crippen molar-refractivity contribution in [2.45, 2.75) is 25.9 Å². The Bertz CT molecular complexity index is 1520. The maximum absolute atomic E-state index is 13.7. The van der Waals surface area contributed by atoms with E-state index in [1.807, 2.05) is 31.3 Å². The van der Waals surface area contributed by atoms with Crippen molar-refractivity contribution in [2.75, 3.05) is 24.5 Å². The highest BCUT2D eigenvalue weighted by atomic mass is 19.1. The van der Waals surface area contributed by atoms with Crippen molar-refractivity contribution in [3.05, 3.63) is 99.5 Å². The minimum atomic E-state index is -0.269. The molecule has 5 rings (SSSR count). The molecule has 2 atom stereocenters. The van der Waals surface area contributed by atoms with Gasteiger partial charge in [-0.15, -0.1) is 0 Å². The number of aryl methyl sites for hydroxylation is 2. The van der Waals surface area contributed by atoms with Crippen molar-refractivity contribution in [1.82, 2.24) is 19.4 Å². The normalized spacial score (nSPS) is 17.2. The molecule has 182 valence electrons. The van der Waals surface area contributed by atoms with E-state index < -0.39 is 0 Å². The monoisotopic (exact) mass is 482 g/mol. The van der Waals surface area contributed by atoms with Crippen LogP contribution in [-0.4, -0.2) is 45.1 Å². The number of fused-ring (bicyclic) bond motifs is 1. The van der Waals surface area contributed by atoms with Gasteiger partial charge in [-0.2, -0.15) is 5.26 Å². The smallest absolute Gasteiger partial charge is 0.252 e. The van der Waals surface area contributed by atoms with Gasteiger partial charge in [0.25, 0.3) is 5.56 Å². The van der Waals surface area contributed by atoms with Gasteiger partial charge >= 0.3 is 0 Å². The van der Waals surface area contributed by atoms with Crippen LogP contribution in [0, 0.1) is 24.1 Å². The summed E-state index contributed by atoms with van der Waals surface area (Å²) in [6.07, 6.45) is 1.81. The predicted octanol–water partition coefficient (Wildman–Crippen LogP) is 3.95. The topological polar surface area (TPSA) is 78.0 Å². The molecule has 0 saturated carbocycles. The second-order valence-corrected chi connectivity index (χ2v) is 9.35. The third-order valence-electron chi connectivity index (χ3n) is 6.92. The summed E-state index contributed by atoms with van der Waals surface area (Å²) in [5, 5.41) is 9.39. The van der Waals surface area contributed by atoms with E-state index in [9.17, 15) is 14.4 Å². The first-order chi connectivity index (χ1) is 17.4. The van der Waals surface area contributed by atoms with Gasteiger partial charge in [-0.3, -0.25) is 14.7 Å². The number of pyridine rings is 3. The second kappa shape index (κ2) is 9.51. The lowest BCUT2D eigenvalue weighted by molar-refractivity contribution is 0.185. The van der Waals surface area contributed by atoms with Gasteiger partial charge in [-0.25, -0.2) is 9.37 Å². The highest BCUT2D eigenvalue weighted by molar-refractivity contribution is 5.89. The van der Waals surface area contributed by atoms with E-state index >= 15 is 0 Å². The average molecular weight is 483 g/mol. The molecule has 1 aliphatic heterocycles. The fraction of sp³-hybridized carbons (Fsp3) is 0.286. The van der Waals surface area contributed by atoms with E-state index in [4.69, 9.17) is 0 Å². The molecule has 36 heavy (non-hydrogen) atoms. The van der Waals surface area contributed by atoms with Gasteiger partial charge in [0, 0.05) is 45.0 Å². The zero-order chi connectivity index (χ0) is 25.4. The molecule has 7 nitrogen and oxygen atoms in total. The Hall–Kier alpha value is -4.09. The van der Waals surface area contributed by atoms with Crippen molar-refractivity contribution in [3.63, 3.8) is 0 Å². The SMILES string of the molecule is Cc1ccnc(C(c2ccc(F)cc2)N2CCN(c3cc(=O)n(C)c4ccc(C#N)nc34)[C@@H](C)C2)c1. The molecular formula is C28H27FN6O. The number of piperazine rings is 1. The van der Waals surface area contributed by atoms with Gasteiger partial charge in [-0.1, -0.05) is 12.1 Å². The van der Waals surface area contributed by atoms with Crippen molar-refractivity contribution < 1.29 is 4.39 Å². The molecule has 0 aliphatic carbocycles. The minimum absolute atomic E-state index is 0.0503. The van der Waals surface area contributed by atoms with Crippen LogP contribution in [0.4, 0.5) is 10.1 Å². The molecule has 4 aromatic rings. The van der Waals surface area contributed by atoms with E-state index in [1.165, 1.54) is 12.1 Å². The number of hydrogen-bond acceptors (Lipinski definition) is 6. The highest BCUT2D eigenvalue weighted by Crippen LogP contribution is 2.33. The van der Waals surface area contributed by atoms with Crippen molar-refractivity contribution >= 4 is 16.7 Å². The number of halogens is 1. The van der Waals surface area contributed by atoms with Crippen LogP contribution in [0.25, 0.3) is 11.0 Å². The summed E-state index contributed by atoms with van der Waals surface area (Å²) in [6.45, 7) is 6.22. The molecule has 0 N–H and O–H groups in total. The fourth-order valence-corrected chi connectivity index (χ4v) is 5.09. The van der Waals surface area contributed by atoms with E-state index in [-0.39, 0.29) is 23.5 Å². The molecular weight excluding hydrogens is 455 g/mol. The quantitative estimate of drug-likeness (QED) is 0.438. The third kappa shape index (κ3) is 4.34. The van der Waals surface area contributed by atoms with Crippen LogP contribution in [-0.2, 0) is 7.05 Å². The number of anilines is 1. The third-order valence-corrected chi connectivity index (χ3v) is 6.92. The van der Waals surface area contributed by atoms with Crippen LogP contribution < -0.4 is 10.5 Å². The first-order valence-electron chi connectivity index (χ1n) is 12.0. The molecule has 1 fully saturated rings. The lowest BCUT2D eigenvalue weighted by atomic mass is 9.98. The summed E-state index contributed by atoms with van der Waals surface area (Å²) in [4.78, 5) is 26.5. The summed E-state index contributed by atoms with van der Waals surface area (Å²) in [5.41, 5.74) is 5.29. The fourth-order valence-electron chi connectivity index (χ4n) is 5.09. The number of hydrogen-bond donors (Lipinski definition) is 0. The predicted molar refractivity (Wildman–Crippen MR) is 137 cm³/mol. The Labute approximate surface area is 209 Å². The number of rotatable bonds is 4. The summed E-state index contributed by atoms with van der Waals surface area (Å²) < 4.78 is 15.3. The minimum Gasteiger partial charge on any atom is -0.364 e. The van der Waals surface area contributed by atoms with Gasteiger partial charge in [0.15, 0.2) is 0 Å². The lowest BCUT2D eigenvalue weighted by Gasteiger charge is -2.44. The molecule has 8 heteroatoms. The zero-order valence-electron chi connectivity index (χ0n) is 20.5. The molecule has 1 saturated heterocycles. The maximum Gasteiger partial charge on any atom is 0.252 e. The Morgan fingerprint density at radius 2 is 1.89 bits per heavy atom. The van der Waals surface area contributed by atoms with E-state index in [1.54, 1.807) is 29.8 Å². The van der Waals surface area contributed by atoms with Crippen LogP contribution in [0.15, 0.2) is 65.6 Å². The first kappa shape index (κ1) is 23.6. The summed E-state index contributed by atoms with van der Waals surface area (Å²) in [6, 6.07) is 17.7. The van der Waals surface area contributed by atoms with Crippen LogP contribution >= 0.6 is 0 Å². The van der Waals surface area contributed by atoms with Crippen molar-refractivity contribution in [2.24, 2.45) is 7.05 Å². The molecule has 0 spiro atoms.